The summed E-state index contributed by atoms with van der Waals surface area (Å²) in [6.45, 7) is 4.87. The monoisotopic (exact) mass is 220 g/mol. The Morgan fingerprint density at radius 1 is 1.19 bits per heavy atom. The molecule has 1 unspecified atom stereocenters. The van der Waals surface area contributed by atoms with Gasteiger partial charge in [-0.3, -0.25) is 9.59 Å². The molecule has 1 N–H and O–H groups in total. The number of aromatic hydroxyl groups is 1. The normalized spacial score (nSPS) is 12.5. The third-order valence-corrected chi connectivity index (χ3v) is 2.51. The molecule has 0 amide bonds. The molecule has 0 radical (unpaired) electrons. The average molecular weight is 220 g/mol. The van der Waals surface area contributed by atoms with Crippen molar-refractivity contribution in [3.8, 4) is 5.75 Å². The molecule has 0 bridgehead atoms. The van der Waals surface area contributed by atoms with Crippen LogP contribution in [-0.2, 0) is 9.59 Å². The predicted octanol–water partition coefficient (Wildman–Crippen LogP) is 2.29. The van der Waals surface area contributed by atoms with Crippen molar-refractivity contribution in [2.45, 2.75) is 26.7 Å². The Hall–Kier alpha value is -1.64. The number of carbonyl (C=O) groups is 2. The molecule has 3 heteroatoms. The van der Waals surface area contributed by atoms with Crippen molar-refractivity contribution >= 4 is 11.6 Å². The van der Waals surface area contributed by atoms with Crippen LogP contribution in [-0.4, -0.2) is 16.7 Å². The number of ketones is 2. The van der Waals surface area contributed by atoms with E-state index in [4.69, 9.17) is 0 Å². The number of phenols is 1. The van der Waals surface area contributed by atoms with E-state index in [1.807, 2.05) is 0 Å². The third-order valence-electron chi connectivity index (χ3n) is 2.51. The largest absolute Gasteiger partial charge is 0.508 e. The fourth-order valence-corrected chi connectivity index (χ4v) is 1.64. The predicted molar refractivity (Wildman–Crippen MR) is 61.4 cm³/mol. The van der Waals surface area contributed by atoms with Crippen LogP contribution < -0.4 is 0 Å². The smallest absolute Gasteiger partial charge is 0.150 e. The molecule has 0 aliphatic heterocycles. The summed E-state index contributed by atoms with van der Waals surface area (Å²) in [5.74, 6) is -1.47. The highest BCUT2D eigenvalue weighted by Crippen LogP contribution is 2.28. The van der Waals surface area contributed by atoms with Crippen LogP contribution in [0.15, 0.2) is 24.3 Å². The van der Waals surface area contributed by atoms with Gasteiger partial charge in [0.1, 0.15) is 23.2 Å². The van der Waals surface area contributed by atoms with Crippen molar-refractivity contribution in [2.75, 3.05) is 0 Å². The summed E-state index contributed by atoms with van der Waals surface area (Å²) in [7, 11) is 0. The first-order valence-electron chi connectivity index (χ1n) is 5.27. The van der Waals surface area contributed by atoms with Crippen LogP contribution >= 0.6 is 0 Å². The van der Waals surface area contributed by atoms with Crippen LogP contribution in [0.25, 0.3) is 0 Å². The molecule has 1 aromatic rings. The maximum Gasteiger partial charge on any atom is 0.150 e. The highest BCUT2D eigenvalue weighted by molar-refractivity contribution is 6.07. The number of hydrogen-bond donors (Lipinski definition) is 1. The summed E-state index contributed by atoms with van der Waals surface area (Å²) >= 11 is 0. The molecule has 0 saturated carbocycles. The maximum atomic E-state index is 11.9. The molecule has 1 rings (SSSR count). The highest BCUT2D eigenvalue weighted by atomic mass is 16.3. The van der Waals surface area contributed by atoms with Gasteiger partial charge < -0.3 is 5.11 Å². The van der Waals surface area contributed by atoms with E-state index in [-0.39, 0.29) is 23.2 Å². The lowest BCUT2D eigenvalue weighted by Crippen LogP contribution is -2.24. The van der Waals surface area contributed by atoms with Crippen molar-refractivity contribution < 1.29 is 14.7 Å². The third kappa shape index (κ3) is 2.48. The van der Waals surface area contributed by atoms with E-state index in [0.717, 1.165) is 0 Å². The quantitative estimate of drug-likeness (QED) is 0.792. The molecule has 16 heavy (non-hydrogen) atoms. The minimum atomic E-state index is -0.846. The van der Waals surface area contributed by atoms with Crippen molar-refractivity contribution in [1.82, 2.24) is 0 Å². The second kappa shape index (κ2) is 4.92. The minimum absolute atomic E-state index is 0.00306. The number of phenolic OH excluding ortho intramolecular Hbond substituents is 1. The zero-order valence-corrected chi connectivity index (χ0v) is 9.73. The molecule has 1 atom stereocenters. The van der Waals surface area contributed by atoms with Gasteiger partial charge in [-0.1, -0.05) is 32.0 Å². The number of carbonyl (C=O) groups excluding carboxylic acids is 2. The zero-order valence-electron chi connectivity index (χ0n) is 9.73. The summed E-state index contributed by atoms with van der Waals surface area (Å²) in [5, 5.41) is 9.66. The second-order valence-corrected chi connectivity index (χ2v) is 4.16. The molecular formula is C13H16O3. The Bertz CT molecular complexity index is 407. The molecule has 0 saturated heterocycles. The first kappa shape index (κ1) is 12.4. The lowest BCUT2D eigenvalue weighted by Gasteiger charge is -2.16. The highest BCUT2D eigenvalue weighted by Gasteiger charge is 2.28. The standard InChI is InChI=1S/C13H16O3/c1-8(2)13(16)12(9(3)14)10-6-4-5-7-11(10)15/h4-8,12,15H,1-3H3. The van der Waals surface area contributed by atoms with Crippen LogP contribution in [0.3, 0.4) is 0 Å². The number of para-hydroxylation sites is 1. The lowest BCUT2D eigenvalue weighted by atomic mass is 9.86. The molecule has 0 spiro atoms. The average Bonchev–Trinajstić information content (AvgIpc) is 2.20. The second-order valence-electron chi connectivity index (χ2n) is 4.16. The molecular weight excluding hydrogens is 204 g/mol. The minimum Gasteiger partial charge on any atom is -0.508 e. The van der Waals surface area contributed by atoms with Crippen LogP contribution in [0, 0.1) is 5.92 Å². The van der Waals surface area contributed by atoms with Crippen LogP contribution in [0.5, 0.6) is 5.75 Å². The number of benzene rings is 1. The van der Waals surface area contributed by atoms with Crippen LogP contribution in [0.1, 0.15) is 32.3 Å². The molecule has 0 aliphatic carbocycles. The van der Waals surface area contributed by atoms with E-state index in [1.165, 1.54) is 13.0 Å². The van der Waals surface area contributed by atoms with E-state index in [1.54, 1.807) is 32.0 Å². The fourth-order valence-electron chi connectivity index (χ4n) is 1.64. The topological polar surface area (TPSA) is 54.4 Å². The van der Waals surface area contributed by atoms with Gasteiger partial charge in [-0.15, -0.1) is 0 Å². The van der Waals surface area contributed by atoms with Gasteiger partial charge in [0, 0.05) is 11.5 Å². The number of Topliss-reactive ketones (excluding diaryl/α,β-unsaturated/α-hetero) is 2. The van der Waals surface area contributed by atoms with Crippen LogP contribution in [0.4, 0.5) is 0 Å². The van der Waals surface area contributed by atoms with Gasteiger partial charge in [-0.2, -0.15) is 0 Å². The van der Waals surface area contributed by atoms with Crippen molar-refractivity contribution in [3.63, 3.8) is 0 Å². The molecule has 1 aromatic carbocycles. The zero-order chi connectivity index (χ0) is 12.3. The van der Waals surface area contributed by atoms with Crippen molar-refractivity contribution in [3.05, 3.63) is 29.8 Å². The summed E-state index contributed by atoms with van der Waals surface area (Å²) < 4.78 is 0. The Kier molecular flexibility index (Phi) is 3.82. The summed E-state index contributed by atoms with van der Waals surface area (Å²) in [5.41, 5.74) is 0.397. The molecule has 3 nitrogen and oxygen atoms in total. The first-order valence-corrected chi connectivity index (χ1v) is 5.27. The molecule has 0 heterocycles. The van der Waals surface area contributed by atoms with Crippen LogP contribution in [0.2, 0.25) is 0 Å². The van der Waals surface area contributed by atoms with Gasteiger partial charge in [0.15, 0.2) is 0 Å². The molecule has 0 aliphatic rings. The van der Waals surface area contributed by atoms with Gasteiger partial charge in [0.2, 0.25) is 0 Å². The summed E-state index contributed by atoms with van der Waals surface area (Å²) in [6.07, 6.45) is 0. The number of rotatable bonds is 4. The van der Waals surface area contributed by atoms with Gasteiger partial charge in [0.05, 0.1) is 0 Å². The first-order chi connectivity index (χ1) is 7.45. The Labute approximate surface area is 95.1 Å². The van der Waals surface area contributed by atoms with Gasteiger partial charge in [-0.05, 0) is 13.0 Å². The maximum absolute atomic E-state index is 11.9. The van der Waals surface area contributed by atoms with E-state index in [0.29, 0.717) is 5.56 Å². The van der Waals surface area contributed by atoms with E-state index < -0.39 is 5.92 Å². The van der Waals surface area contributed by atoms with E-state index >= 15 is 0 Å². The number of hydrogen-bond acceptors (Lipinski definition) is 3. The molecule has 0 fully saturated rings. The Balaban J connectivity index is 3.19. The fraction of sp³-hybridized carbons (Fsp3) is 0.385. The SMILES string of the molecule is CC(=O)C(C(=O)C(C)C)c1ccccc1O. The Morgan fingerprint density at radius 3 is 2.19 bits per heavy atom. The van der Waals surface area contributed by atoms with Gasteiger partial charge >= 0.3 is 0 Å². The van der Waals surface area contributed by atoms with E-state index in [9.17, 15) is 14.7 Å². The van der Waals surface area contributed by atoms with E-state index in [2.05, 4.69) is 0 Å². The lowest BCUT2D eigenvalue weighted by molar-refractivity contribution is -0.130. The van der Waals surface area contributed by atoms with Gasteiger partial charge in [0.25, 0.3) is 0 Å². The van der Waals surface area contributed by atoms with Crippen molar-refractivity contribution in [1.29, 1.82) is 0 Å². The Morgan fingerprint density at radius 2 is 1.75 bits per heavy atom. The molecule has 86 valence electrons. The summed E-state index contributed by atoms with van der Waals surface area (Å²) in [4.78, 5) is 23.4. The summed E-state index contributed by atoms with van der Waals surface area (Å²) in [6, 6.07) is 6.47. The molecule has 0 aromatic heterocycles. The van der Waals surface area contributed by atoms with Crippen molar-refractivity contribution in [2.24, 2.45) is 5.92 Å². The van der Waals surface area contributed by atoms with Gasteiger partial charge in [-0.25, -0.2) is 0 Å².